The first kappa shape index (κ1) is 9.21. The Hall–Kier alpha value is -1.36. The van der Waals surface area contributed by atoms with Crippen LogP contribution in [0.5, 0.6) is 0 Å². The predicted octanol–water partition coefficient (Wildman–Crippen LogP) is 0.745. The molecule has 0 aliphatic carbocycles. The number of rotatable bonds is 3. The van der Waals surface area contributed by atoms with Crippen LogP contribution in [0.25, 0.3) is 11.0 Å². The second kappa shape index (κ2) is 3.79. The highest BCUT2D eigenvalue weighted by atomic mass is 31.1. The summed E-state index contributed by atoms with van der Waals surface area (Å²) in [4.78, 5) is 4.03. The molecular weight excluding hydrogens is 205 g/mol. The van der Waals surface area contributed by atoms with Crippen molar-refractivity contribution in [1.29, 1.82) is 0 Å². The Morgan fingerprint density at radius 3 is 3.00 bits per heavy atom. The van der Waals surface area contributed by atoms with Crippen molar-refractivity contribution in [3.63, 3.8) is 0 Å². The normalized spacial score (nSPS) is 12.9. The van der Waals surface area contributed by atoms with Crippen LogP contribution in [0.1, 0.15) is 0 Å². The third-order valence-electron chi connectivity index (χ3n) is 1.69. The van der Waals surface area contributed by atoms with Crippen LogP contribution in [-0.4, -0.2) is 9.71 Å². The fraction of sp³-hybridized carbons (Fsp3) is 0. The van der Waals surface area contributed by atoms with Crippen molar-refractivity contribution < 1.29 is 13.8 Å². The smallest absolute Gasteiger partial charge is 0.332 e. The Balaban J connectivity index is 2.38. The van der Waals surface area contributed by atoms with Gasteiger partial charge in [0.15, 0.2) is 0 Å². The molecule has 1 atom stereocenters. The number of fused-ring (bicyclic) bond motifs is 1. The van der Waals surface area contributed by atoms with Crippen molar-refractivity contribution in [2.24, 2.45) is 5.90 Å². The van der Waals surface area contributed by atoms with Gasteiger partial charge in [0.2, 0.25) is 0 Å². The Bertz CT molecular complexity index is 470. The first-order valence-electron chi connectivity index (χ1n) is 3.82. The lowest BCUT2D eigenvalue weighted by Crippen LogP contribution is -2.04. The quantitative estimate of drug-likeness (QED) is 0.601. The lowest BCUT2D eigenvalue weighted by molar-refractivity contribution is 0.217. The molecule has 0 spiro atoms. The Morgan fingerprint density at radius 2 is 2.21 bits per heavy atom. The molecule has 2 aromatic rings. The molecule has 2 rings (SSSR count). The van der Waals surface area contributed by atoms with E-state index in [0.29, 0.717) is 5.52 Å². The maximum atomic E-state index is 10.9. The number of benzene rings is 1. The SMILES string of the molecule is NO[PH](=O)On1cnc2ccccc21. The van der Waals surface area contributed by atoms with Crippen LogP contribution in [0.15, 0.2) is 30.6 Å². The molecule has 74 valence electrons. The van der Waals surface area contributed by atoms with Gasteiger partial charge in [-0.15, -0.1) is 0 Å². The zero-order valence-electron chi connectivity index (χ0n) is 7.08. The average molecular weight is 213 g/mol. The third kappa shape index (κ3) is 1.63. The number of hydrogen-bond donors (Lipinski definition) is 1. The third-order valence-corrected chi connectivity index (χ3v) is 2.23. The fourth-order valence-electron chi connectivity index (χ4n) is 1.11. The van der Waals surface area contributed by atoms with E-state index in [2.05, 4.69) is 9.61 Å². The molecule has 7 heteroatoms. The fourth-order valence-corrected chi connectivity index (χ4v) is 1.46. The van der Waals surface area contributed by atoms with Gasteiger partial charge in [-0.25, -0.2) is 20.1 Å². The van der Waals surface area contributed by atoms with Gasteiger partial charge in [-0.2, -0.15) is 4.73 Å². The van der Waals surface area contributed by atoms with E-state index in [4.69, 9.17) is 10.5 Å². The number of imidazole rings is 1. The summed E-state index contributed by atoms with van der Waals surface area (Å²) in [6.45, 7) is 0. The van der Waals surface area contributed by atoms with Crippen molar-refractivity contribution >= 4 is 19.3 Å². The molecule has 1 heterocycles. The minimum Gasteiger partial charge on any atom is -0.332 e. The molecule has 1 aromatic carbocycles. The topological polar surface area (TPSA) is 79.4 Å². The maximum Gasteiger partial charge on any atom is 0.402 e. The summed E-state index contributed by atoms with van der Waals surface area (Å²) in [5.74, 6) is 4.71. The first-order chi connectivity index (χ1) is 6.81. The van der Waals surface area contributed by atoms with Gasteiger partial charge in [-0.05, 0) is 12.1 Å². The summed E-state index contributed by atoms with van der Waals surface area (Å²) >= 11 is 0. The lowest BCUT2D eigenvalue weighted by atomic mass is 10.3. The first-order valence-corrected chi connectivity index (χ1v) is 5.05. The van der Waals surface area contributed by atoms with Crippen molar-refractivity contribution in [2.45, 2.75) is 0 Å². The van der Waals surface area contributed by atoms with Crippen molar-refractivity contribution in [3.8, 4) is 0 Å². The predicted molar refractivity (Wildman–Crippen MR) is 50.6 cm³/mol. The zero-order chi connectivity index (χ0) is 9.97. The van der Waals surface area contributed by atoms with E-state index in [-0.39, 0.29) is 0 Å². The molecule has 0 radical (unpaired) electrons. The van der Waals surface area contributed by atoms with Crippen molar-refractivity contribution in [1.82, 2.24) is 9.71 Å². The minimum absolute atomic E-state index is 0.711. The Morgan fingerprint density at radius 1 is 1.43 bits per heavy atom. The van der Waals surface area contributed by atoms with Crippen LogP contribution in [0, 0.1) is 0 Å². The highest BCUT2D eigenvalue weighted by molar-refractivity contribution is 7.33. The molecule has 2 N–H and O–H groups in total. The monoisotopic (exact) mass is 213 g/mol. The van der Waals surface area contributed by atoms with Crippen molar-refractivity contribution in [2.75, 3.05) is 0 Å². The molecule has 0 aliphatic rings. The molecule has 0 aliphatic heterocycles. The van der Waals surface area contributed by atoms with Gasteiger partial charge in [0.25, 0.3) is 0 Å². The van der Waals surface area contributed by atoms with Gasteiger partial charge in [0.1, 0.15) is 11.8 Å². The van der Waals surface area contributed by atoms with Gasteiger partial charge < -0.3 is 4.62 Å². The molecule has 6 nitrogen and oxygen atoms in total. The second-order valence-corrected chi connectivity index (χ2v) is 3.44. The van der Waals surface area contributed by atoms with E-state index in [1.165, 1.54) is 11.1 Å². The minimum atomic E-state index is -2.69. The zero-order valence-corrected chi connectivity index (χ0v) is 8.08. The summed E-state index contributed by atoms with van der Waals surface area (Å²) in [5, 5.41) is 0. The highest BCUT2D eigenvalue weighted by Crippen LogP contribution is 2.19. The Labute approximate surface area is 80.1 Å². The van der Waals surface area contributed by atoms with E-state index in [1.807, 2.05) is 18.2 Å². The van der Waals surface area contributed by atoms with Crippen LogP contribution >= 0.6 is 8.25 Å². The summed E-state index contributed by atoms with van der Waals surface area (Å²) in [5.41, 5.74) is 1.46. The molecule has 0 saturated heterocycles. The standard InChI is InChI=1S/C7H8N3O3P/c8-12-14(11)13-10-5-9-6-3-1-2-4-7(6)10/h1-5,14H,8H2. The van der Waals surface area contributed by atoms with Crippen molar-refractivity contribution in [3.05, 3.63) is 30.6 Å². The number of para-hydroxylation sites is 2. The molecule has 0 fully saturated rings. The average Bonchev–Trinajstić information content (AvgIpc) is 2.62. The largest absolute Gasteiger partial charge is 0.402 e. The summed E-state index contributed by atoms with van der Waals surface area (Å²) in [6.07, 6.45) is 1.41. The van der Waals surface area contributed by atoms with E-state index >= 15 is 0 Å². The molecule has 0 amide bonds. The molecule has 0 saturated carbocycles. The second-order valence-electron chi connectivity index (χ2n) is 2.52. The Kier molecular flexibility index (Phi) is 2.49. The van der Waals surface area contributed by atoms with E-state index in [1.54, 1.807) is 6.07 Å². The van der Waals surface area contributed by atoms with Gasteiger partial charge in [0, 0.05) is 0 Å². The molecule has 0 bridgehead atoms. The van der Waals surface area contributed by atoms with Gasteiger partial charge in [-0.1, -0.05) is 12.1 Å². The summed E-state index contributed by atoms with van der Waals surface area (Å²) in [7, 11) is -2.69. The van der Waals surface area contributed by atoms with Crippen LogP contribution in [0.2, 0.25) is 0 Å². The molecule has 1 aromatic heterocycles. The van der Waals surface area contributed by atoms with Crippen LogP contribution in [0.4, 0.5) is 0 Å². The maximum absolute atomic E-state index is 10.9. The number of nitrogens with two attached hydrogens (primary N) is 1. The highest BCUT2D eigenvalue weighted by Gasteiger charge is 2.04. The van der Waals surface area contributed by atoms with Gasteiger partial charge in [0.05, 0.1) is 5.52 Å². The number of hydrogen-bond acceptors (Lipinski definition) is 5. The van der Waals surface area contributed by atoms with E-state index in [9.17, 15) is 4.57 Å². The molecule has 14 heavy (non-hydrogen) atoms. The molecular formula is C7H8N3O3P. The molecule has 1 unspecified atom stereocenters. The van der Waals surface area contributed by atoms with Crippen LogP contribution in [0.3, 0.4) is 0 Å². The number of aromatic nitrogens is 2. The van der Waals surface area contributed by atoms with Crippen LogP contribution < -0.4 is 10.5 Å². The van der Waals surface area contributed by atoms with Gasteiger partial charge in [-0.3, -0.25) is 0 Å². The summed E-state index contributed by atoms with van der Waals surface area (Å²) < 4.78 is 21.1. The number of nitrogens with zero attached hydrogens (tertiary/aromatic N) is 2. The summed E-state index contributed by atoms with van der Waals surface area (Å²) in [6, 6.07) is 7.27. The van der Waals surface area contributed by atoms with Crippen LogP contribution in [-0.2, 0) is 9.19 Å². The van der Waals surface area contributed by atoms with E-state index in [0.717, 1.165) is 5.52 Å². The van der Waals surface area contributed by atoms with E-state index < -0.39 is 8.25 Å². The lowest BCUT2D eigenvalue weighted by Gasteiger charge is -2.03. The van der Waals surface area contributed by atoms with Gasteiger partial charge >= 0.3 is 8.25 Å².